The van der Waals surface area contributed by atoms with E-state index < -0.39 is 9.96 Å². The molecule has 0 heterocycles. The Labute approximate surface area is 158 Å². The van der Waals surface area contributed by atoms with Gasteiger partial charge in [0.05, 0.1) is 0 Å². The number of rotatable bonds is 4. The van der Waals surface area contributed by atoms with E-state index in [1.54, 1.807) is 24.3 Å². The second kappa shape index (κ2) is 7.75. The molecule has 1 atom stereocenters. The molecule has 0 aliphatic rings. The van der Waals surface area contributed by atoms with Crippen molar-refractivity contribution >= 4 is 62.3 Å². The van der Waals surface area contributed by atoms with Crippen LogP contribution in [0.25, 0.3) is 0 Å². The highest BCUT2D eigenvalue weighted by Crippen LogP contribution is 2.32. The summed E-state index contributed by atoms with van der Waals surface area (Å²) in [6, 6.07) is 14.5. The van der Waals surface area contributed by atoms with Gasteiger partial charge in [0.1, 0.15) is 6.17 Å². The lowest BCUT2D eigenvalue weighted by atomic mass is 10.2. The number of carbonyl (C=O) groups is 1. The Morgan fingerprint density at radius 2 is 1.70 bits per heavy atom. The van der Waals surface area contributed by atoms with Gasteiger partial charge in [-0.05, 0) is 42.8 Å². The number of nitrogens with one attached hydrogen (secondary N) is 2. The van der Waals surface area contributed by atoms with E-state index in [0.29, 0.717) is 5.56 Å². The van der Waals surface area contributed by atoms with Crippen LogP contribution in [0.2, 0.25) is 0 Å². The maximum atomic E-state index is 12.3. The zero-order valence-corrected chi connectivity index (χ0v) is 16.0. The van der Waals surface area contributed by atoms with E-state index >= 15 is 0 Å². The highest BCUT2D eigenvalue weighted by molar-refractivity contribution is 9.10. The number of alkyl halides is 3. The van der Waals surface area contributed by atoms with Gasteiger partial charge in [0.15, 0.2) is 0 Å². The quantitative estimate of drug-likeness (QED) is 0.505. The predicted molar refractivity (Wildman–Crippen MR) is 100 cm³/mol. The molecule has 0 unspecified atom stereocenters. The molecule has 23 heavy (non-hydrogen) atoms. The minimum absolute atomic E-state index is 0.338. The number of hydrogen-bond acceptors (Lipinski definition) is 2. The smallest absolute Gasteiger partial charge is 0.252 e. The number of hydrogen-bond donors (Lipinski definition) is 2. The van der Waals surface area contributed by atoms with Crippen LogP contribution in [-0.4, -0.2) is 15.9 Å². The molecule has 2 aromatic carbocycles. The molecule has 2 aromatic rings. The molecule has 0 saturated heterocycles. The molecule has 1 amide bonds. The van der Waals surface area contributed by atoms with Gasteiger partial charge in [0.25, 0.3) is 5.91 Å². The van der Waals surface area contributed by atoms with Crippen molar-refractivity contribution in [1.29, 1.82) is 0 Å². The zero-order valence-electron chi connectivity index (χ0n) is 12.1. The van der Waals surface area contributed by atoms with Gasteiger partial charge in [0, 0.05) is 15.7 Å². The molecule has 0 spiro atoms. The van der Waals surface area contributed by atoms with Crippen LogP contribution in [0.4, 0.5) is 5.69 Å². The summed E-state index contributed by atoms with van der Waals surface area (Å²) in [4.78, 5) is 12.3. The van der Waals surface area contributed by atoms with Gasteiger partial charge >= 0.3 is 0 Å². The standard InChI is InChI=1S/C16H14BrCl3N2O/c1-10-4-2-3-5-13(10)21-15(16(18,19)20)22-14(23)11-6-8-12(17)9-7-11/h2-9,15,21H,1H3,(H,22,23)/t15-/m0/s1. The van der Waals surface area contributed by atoms with Crippen LogP contribution in [0.5, 0.6) is 0 Å². The lowest BCUT2D eigenvalue weighted by Crippen LogP contribution is -2.49. The van der Waals surface area contributed by atoms with Gasteiger partial charge < -0.3 is 10.6 Å². The highest BCUT2D eigenvalue weighted by Gasteiger charge is 2.34. The first-order valence-electron chi connectivity index (χ1n) is 6.72. The number of carbonyl (C=O) groups excluding carboxylic acids is 1. The third-order valence-corrected chi connectivity index (χ3v) is 4.34. The molecular weight excluding hydrogens is 422 g/mol. The largest absolute Gasteiger partial charge is 0.362 e. The lowest BCUT2D eigenvalue weighted by Gasteiger charge is -2.28. The molecule has 0 saturated carbocycles. The average molecular weight is 437 g/mol. The van der Waals surface area contributed by atoms with Crippen LogP contribution in [0, 0.1) is 6.92 Å². The van der Waals surface area contributed by atoms with Crippen molar-refractivity contribution in [3.8, 4) is 0 Å². The van der Waals surface area contributed by atoms with Crippen molar-refractivity contribution < 1.29 is 4.79 Å². The van der Waals surface area contributed by atoms with Crippen LogP contribution in [0.3, 0.4) is 0 Å². The molecule has 2 rings (SSSR count). The first kappa shape index (κ1) is 18.4. The number of amides is 1. The number of benzene rings is 2. The topological polar surface area (TPSA) is 41.1 Å². The van der Waals surface area contributed by atoms with Crippen molar-refractivity contribution in [3.05, 3.63) is 64.1 Å². The Morgan fingerprint density at radius 3 is 2.26 bits per heavy atom. The van der Waals surface area contributed by atoms with Gasteiger partial charge in [-0.1, -0.05) is 68.9 Å². The summed E-state index contributed by atoms with van der Waals surface area (Å²) in [5.74, 6) is -0.338. The number of halogens is 4. The van der Waals surface area contributed by atoms with Crippen molar-refractivity contribution in [2.24, 2.45) is 0 Å². The van der Waals surface area contributed by atoms with Crippen LogP contribution >= 0.6 is 50.7 Å². The number of para-hydroxylation sites is 1. The molecule has 0 aromatic heterocycles. The van der Waals surface area contributed by atoms with E-state index in [-0.39, 0.29) is 5.91 Å². The van der Waals surface area contributed by atoms with Gasteiger partial charge in [-0.25, -0.2) is 0 Å². The third kappa shape index (κ3) is 5.28. The first-order chi connectivity index (χ1) is 10.8. The van der Waals surface area contributed by atoms with Gasteiger partial charge in [-0.15, -0.1) is 0 Å². The molecule has 3 nitrogen and oxygen atoms in total. The summed E-state index contributed by atoms with van der Waals surface area (Å²) in [5, 5.41) is 5.77. The first-order valence-corrected chi connectivity index (χ1v) is 8.65. The fourth-order valence-corrected chi connectivity index (χ4v) is 2.50. The summed E-state index contributed by atoms with van der Waals surface area (Å²) < 4.78 is -0.835. The number of anilines is 1. The van der Waals surface area contributed by atoms with Gasteiger partial charge in [-0.2, -0.15) is 0 Å². The van der Waals surface area contributed by atoms with E-state index in [4.69, 9.17) is 34.8 Å². The van der Waals surface area contributed by atoms with Crippen molar-refractivity contribution in [3.63, 3.8) is 0 Å². The van der Waals surface area contributed by atoms with Crippen LogP contribution in [0.15, 0.2) is 53.0 Å². The Morgan fingerprint density at radius 1 is 1.09 bits per heavy atom. The molecule has 0 aliphatic heterocycles. The van der Waals surface area contributed by atoms with Crippen molar-refractivity contribution in [2.45, 2.75) is 16.9 Å². The zero-order chi connectivity index (χ0) is 17.0. The summed E-state index contributed by atoms with van der Waals surface area (Å²) in [7, 11) is 0. The average Bonchev–Trinajstić information content (AvgIpc) is 2.48. The van der Waals surface area contributed by atoms with Gasteiger partial charge in [-0.3, -0.25) is 4.79 Å². The van der Waals surface area contributed by atoms with Crippen molar-refractivity contribution in [1.82, 2.24) is 5.32 Å². The molecule has 2 N–H and O–H groups in total. The van der Waals surface area contributed by atoms with Crippen molar-refractivity contribution in [2.75, 3.05) is 5.32 Å². The Balaban J connectivity index is 2.18. The second-order valence-electron chi connectivity index (χ2n) is 4.91. The predicted octanol–water partition coefficient (Wildman–Crippen LogP) is 5.30. The fourth-order valence-electron chi connectivity index (χ4n) is 1.91. The van der Waals surface area contributed by atoms with Crippen LogP contribution < -0.4 is 10.6 Å². The Hall–Kier alpha value is -0.940. The summed E-state index contributed by atoms with van der Waals surface area (Å²) in [6.07, 6.45) is -0.884. The minimum Gasteiger partial charge on any atom is -0.362 e. The normalized spacial score (nSPS) is 12.6. The molecule has 0 bridgehead atoms. The molecule has 7 heteroatoms. The lowest BCUT2D eigenvalue weighted by molar-refractivity contribution is 0.0942. The minimum atomic E-state index is -1.71. The monoisotopic (exact) mass is 434 g/mol. The summed E-state index contributed by atoms with van der Waals surface area (Å²) >= 11 is 21.3. The highest BCUT2D eigenvalue weighted by atomic mass is 79.9. The number of aryl methyl sites for hydroxylation is 1. The van der Waals surface area contributed by atoms with Crippen LogP contribution in [0.1, 0.15) is 15.9 Å². The maximum Gasteiger partial charge on any atom is 0.252 e. The van der Waals surface area contributed by atoms with E-state index in [0.717, 1.165) is 15.7 Å². The third-order valence-electron chi connectivity index (χ3n) is 3.15. The molecular formula is C16H14BrCl3N2O. The van der Waals surface area contributed by atoms with E-state index in [2.05, 4.69) is 26.6 Å². The van der Waals surface area contributed by atoms with Crippen LogP contribution in [-0.2, 0) is 0 Å². The maximum absolute atomic E-state index is 12.3. The molecule has 0 aliphatic carbocycles. The fraction of sp³-hybridized carbons (Fsp3) is 0.188. The van der Waals surface area contributed by atoms with E-state index in [9.17, 15) is 4.79 Å². The second-order valence-corrected chi connectivity index (χ2v) is 8.20. The van der Waals surface area contributed by atoms with E-state index in [1.165, 1.54) is 0 Å². The summed E-state index contributed by atoms with van der Waals surface area (Å²) in [6.45, 7) is 1.92. The molecule has 0 radical (unpaired) electrons. The summed E-state index contributed by atoms with van der Waals surface area (Å²) in [5.41, 5.74) is 2.23. The van der Waals surface area contributed by atoms with Gasteiger partial charge in [0.2, 0.25) is 3.79 Å². The van der Waals surface area contributed by atoms with E-state index in [1.807, 2.05) is 31.2 Å². The molecule has 122 valence electrons. The molecule has 0 fully saturated rings. The Kier molecular flexibility index (Phi) is 6.20. The SMILES string of the molecule is Cc1ccccc1N[C@@H](NC(=O)c1ccc(Br)cc1)C(Cl)(Cl)Cl. The Bertz CT molecular complexity index is 686.